The van der Waals surface area contributed by atoms with E-state index in [0.717, 1.165) is 55.0 Å². The van der Waals surface area contributed by atoms with Crippen LogP contribution in [0.15, 0.2) is 66.7 Å². The second-order valence-electron chi connectivity index (χ2n) is 8.60. The maximum Gasteiger partial charge on any atom is 0.165 e. The zero-order valence-electron chi connectivity index (χ0n) is 18.6. The SMILES string of the molecule is Cc1ccc2c(N3CCN(Cc4ccccc4C)CC3)nc(-c3ccccc3O)nc2c1. The number of phenolic OH excluding ortho intramolecular Hbond substituents is 1. The Morgan fingerprint density at radius 2 is 1.59 bits per heavy atom. The Bertz CT molecular complexity index is 1260. The van der Waals surface area contributed by atoms with Gasteiger partial charge in [-0.1, -0.05) is 42.5 Å². The molecule has 0 atom stereocenters. The lowest BCUT2D eigenvalue weighted by molar-refractivity contribution is 0.249. The van der Waals surface area contributed by atoms with Crippen LogP contribution < -0.4 is 4.90 Å². The predicted octanol–water partition coefficient (Wildman–Crippen LogP) is 4.94. The summed E-state index contributed by atoms with van der Waals surface area (Å²) >= 11 is 0. The molecule has 162 valence electrons. The summed E-state index contributed by atoms with van der Waals surface area (Å²) in [5.74, 6) is 1.72. The van der Waals surface area contributed by atoms with Gasteiger partial charge < -0.3 is 10.0 Å². The van der Waals surface area contributed by atoms with Crippen LogP contribution in [0.1, 0.15) is 16.7 Å². The Hall–Kier alpha value is -3.44. The van der Waals surface area contributed by atoms with E-state index < -0.39 is 0 Å². The highest BCUT2D eigenvalue weighted by molar-refractivity contribution is 5.92. The van der Waals surface area contributed by atoms with Crippen molar-refractivity contribution >= 4 is 16.7 Å². The average molecular weight is 425 g/mol. The number of hydrogen-bond donors (Lipinski definition) is 1. The number of fused-ring (bicyclic) bond motifs is 1. The van der Waals surface area contributed by atoms with E-state index in [1.165, 1.54) is 11.1 Å². The van der Waals surface area contributed by atoms with E-state index in [1.807, 2.05) is 18.2 Å². The van der Waals surface area contributed by atoms with E-state index in [0.29, 0.717) is 11.4 Å². The number of piperazine rings is 1. The van der Waals surface area contributed by atoms with Crippen molar-refractivity contribution in [3.05, 3.63) is 83.4 Å². The lowest BCUT2D eigenvalue weighted by Crippen LogP contribution is -2.46. The van der Waals surface area contributed by atoms with Crippen LogP contribution in [0.4, 0.5) is 5.82 Å². The maximum absolute atomic E-state index is 10.4. The van der Waals surface area contributed by atoms with E-state index >= 15 is 0 Å². The minimum atomic E-state index is 0.202. The van der Waals surface area contributed by atoms with Crippen LogP contribution in [0.3, 0.4) is 0 Å². The van der Waals surface area contributed by atoms with Gasteiger partial charge >= 0.3 is 0 Å². The van der Waals surface area contributed by atoms with Gasteiger partial charge in [-0.2, -0.15) is 0 Å². The lowest BCUT2D eigenvalue weighted by atomic mass is 10.1. The zero-order valence-corrected chi connectivity index (χ0v) is 18.6. The van der Waals surface area contributed by atoms with Crippen molar-refractivity contribution in [1.82, 2.24) is 14.9 Å². The quantitative estimate of drug-likeness (QED) is 0.503. The van der Waals surface area contributed by atoms with Gasteiger partial charge in [-0.15, -0.1) is 0 Å². The molecule has 0 radical (unpaired) electrons. The van der Waals surface area contributed by atoms with Crippen molar-refractivity contribution in [2.45, 2.75) is 20.4 Å². The minimum Gasteiger partial charge on any atom is -0.507 e. The highest BCUT2D eigenvalue weighted by atomic mass is 16.3. The van der Waals surface area contributed by atoms with Crippen LogP contribution in [-0.4, -0.2) is 46.2 Å². The van der Waals surface area contributed by atoms with Crippen LogP contribution >= 0.6 is 0 Å². The smallest absolute Gasteiger partial charge is 0.165 e. The number of phenols is 1. The number of nitrogens with zero attached hydrogens (tertiary/aromatic N) is 4. The molecule has 1 aliphatic heterocycles. The summed E-state index contributed by atoms with van der Waals surface area (Å²) < 4.78 is 0. The van der Waals surface area contributed by atoms with E-state index in [4.69, 9.17) is 9.97 Å². The third kappa shape index (κ3) is 4.04. The van der Waals surface area contributed by atoms with E-state index in [-0.39, 0.29) is 5.75 Å². The molecule has 3 aromatic carbocycles. The Morgan fingerprint density at radius 3 is 2.38 bits per heavy atom. The van der Waals surface area contributed by atoms with Gasteiger partial charge in [0.25, 0.3) is 0 Å². The first-order valence-corrected chi connectivity index (χ1v) is 11.2. The first kappa shape index (κ1) is 20.5. The fourth-order valence-electron chi connectivity index (χ4n) is 4.39. The number of benzene rings is 3. The van der Waals surface area contributed by atoms with Crippen molar-refractivity contribution in [3.8, 4) is 17.1 Å². The summed E-state index contributed by atoms with van der Waals surface area (Å²) in [6.07, 6.45) is 0. The second-order valence-corrected chi connectivity index (χ2v) is 8.60. The fourth-order valence-corrected chi connectivity index (χ4v) is 4.39. The first-order valence-electron chi connectivity index (χ1n) is 11.2. The molecule has 1 fully saturated rings. The summed E-state index contributed by atoms with van der Waals surface area (Å²) in [6.45, 7) is 9.02. The Balaban J connectivity index is 1.45. The third-order valence-corrected chi connectivity index (χ3v) is 6.30. The van der Waals surface area contributed by atoms with Crippen molar-refractivity contribution in [3.63, 3.8) is 0 Å². The fraction of sp³-hybridized carbons (Fsp3) is 0.259. The van der Waals surface area contributed by atoms with Crippen LogP contribution in [0, 0.1) is 13.8 Å². The summed E-state index contributed by atoms with van der Waals surface area (Å²) in [6, 6.07) is 22.2. The summed E-state index contributed by atoms with van der Waals surface area (Å²) in [4.78, 5) is 14.6. The minimum absolute atomic E-state index is 0.202. The van der Waals surface area contributed by atoms with Gasteiger partial charge in [0.1, 0.15) is 11.6 Å². The maximum atomic E-state index is 10.4. The topological polar surface area (TPSA) is 52.5 Å². The summed E-state index contributed by atoms with van der Waals surface area (Å²) in [5.41, 5.74) is 5.48. The second kappa shape index (κ2) is 8.60. The molecular weight excluding hydrogens is 396 g/mol. The molecule has 0 aliphatic carbocycles. The molecule has 5 heteroatoms. The van der Waals surface area contributed by atoms with Crippen molar-refractivity contribution in [2.24, 2.45) is 0 Å². The molecule has 1 saturated heterocycles. The average Bonchev–Trinajstić information content (AvgIpc) is 2.80. The number of hydrogen-bond acceptors (Lipinski definition) is 5. The summed E-state index contributed by atoms with van der Waals surface area (Å²) in [5, 5.41) is 11.4. The first-order chi connectivity index (χ1) is 15.6. The number of anilines is 1. The number of aryl methyl sites for hydroxylation is 2. The Kier molecular flexibility index (Phi) is 5.50. The van der Waals surface area contributed by atoms with Crippen LogP contribution in [0.5, 0.6) is 5.75 Å². The molecule has 0 spiro atoms. The number of aromatic hydroxyl groups is 1. The van der Waals surface area contributed by atoms with Crippen LogP contribution in [-0.2, 0) is 6.54 Å². The third-order valence-electron chi connectivity index (χ3n) is 6.30. The lowest BCUT2D eigenvalue weighted by Gasteiger charge is -2.36. The predicted molar refractivity (Wildman–Crippen MR) is 130 cm³/mol. The largest absolute Gasteiger partial charge is 0.507 e. The van der Waals surface area contributed by atoms with E-state index in [1.54, 1.807) is 6.07 Å². The van der Waals surface area contributed by atoms with Gasteiger partial charge in [-0.05, 0) is 54.8 Å². The molecule has 5 rings (SSSR count). The highest BCUT2D eigenvalue weighted by Crippen LogP contribution is 2.32. The molecular formula is C27H28N4O. The van der Waals surface area contributed by atoms with Gasteiger partial charge in [0.15, 0.2) is 5.82 Å². The van der Waals surface area contributed by atoms with Gasteiger partial charge in [-0.3, -0.25) is 4.90 Å². The molecule has 0 saturated carbocycles. The molecule has 0 bridgehead atoms. The molecule has 4 aromatic rings. The van der Waals surface area contributed by atoms with Crippen molar-refractivity contribution < 1.29 is 5.11 Å². The molecule has 1 aliphatic rings. The van der Waals surface area contributed by atoms with Gasteiger partial charge in [0.05, 0.1) is 11.1 Å². The highest BCUT2D eigenvalue weighted by Gasteiger charge is 2.22. The van der Waals surface area contributed by atoms with Crippen LogP contribution in [0.2, 0.25) is 0 Å². The Labute approximate surface area is 189 Å². The molecule has 1 aromatic heterocycles. The number of aromatic nitrogens is 2. The molecule has 5 nitrogen and oxygen atoms in total. The van der Waals surface area contributed by atoms with Crippen LogP contribution in [0.25, 0.3) is 22.3 Å². The zero-order chi connectivity index (χ0) is 22.1. The van der Waals surface area contributed by atoms with Gasteiger partial charge in [0, 0.05) is 38.1 Å². The molecule has 0 amide bonds. The van der Waals surface area contributed by atoms with Gasteiger partial charge in [0.2, 0.25) is 0 Å². The number of rotatable bonds is 4. The number of para-hydroxylation sites is 1. The monoisotopic (exact) mass is 424 g/mol. The molecule has 32 heavy (non-hydrogen) atoms. The van der Waals surface area contributed by atoms with Crippen molar-refractivity contribution in [1.29, 1.82) is 0 Å². The van der Waals surface area contributed by atoms with Crippen molar-refractivity contribution in [2.75, 3.05) is 31.1 Å². The standard InChI is InChI=1S/C27H28N4O/c1-19-11-12-22-24(17-19)28-26(23-9-5-6-10-25(23)32)29-27(22)31-15-13-30(14-16-31)18-21-8-4-3-7-20(21)2/h3-12,17,32H,13-16,18H2,1-2H3. The molecule has 1 N–H and O–H groups in total. The summed E-state index contributed by atoms with van der Waals surface area (Å²) in [7, 11) is 0. The molecule has 2 heterocycles. The van der Waals surface area contributed by atoms with E-state index in [2.05, 4.69) is 66.1 Å². The normalized spacial score (nSPS) is 14.8. The molecule has 0 unspecified atom stereocenters. The van der Waals surface area contributed by atoms with Gasteiger partial charge in [-0.25, -0.2) is 9.97 Å². The van der Waals surface area contributed by atoms with E-state index in [9.17, 15) is 5.11 Å². The Morgan fingerprint density at radius 1 is 0.844 bits per heavy atom.